The van der Waals surface area contributed by atoms with E-state index in [1.807, 2.05) is 6.08 Å². The van der Waals surface area contributed by atoms with Crippen molar-refractivity contribution in [2.75, 3.05) is 0 Å². The minimum Gasteiger partial charge on any atom is -0.387 e. The summed E-state index contributed by atoms with van der Waals surface area (Å²) in [7, 11) is 0. The van der Waals surface area contributed by atoms with Gasteiger partial charge in [-0.1, -0.05) is 13.0 Å². The minimum atomic E-state index is -1.10. The average Bonchev–Trinajstić information content (AvgIpc) is 2.65. The van der Waals surface area contributed by atoms with Gasteiger partial charge in [-0.3, -0.25) is 4.79 Å². The summed E-state index contributed by atoms with van der Waals surface area (Å²) in [4.78, 5) is 12.2. The SMILES string of the molecule is C=CCC[C@@]12CC[C@@H](C)[C@@]3(C#N)C[C@@H]1C(=O)C[C@@]23O. The molecule has 19 heavy (non-hydrogen) atoms. The molecule has 0 radical (unpaired) electrons. The smallest absolute Gasteiger partial charge is 0.139 e. The quantitative estimate of drug-likeness (QED) is 0.792. The Hall–Kier alpha value is -1.14. The largest absolute Gasteiger partial charge is 0.387 e. The number of nitrogens with zero attached hydrogens (tertiary/aromatic N) is 1. The number of hydrogen-bond acceptors (Lipinski definition) is 3. The molecule has 1 N–H and O–H groups in total. The number of aliphatic hydroxyl groups is 1. The maximum atomic E-state index is 12.2. The zero-order valence-corrected chi connectivity index (χ0v) is 11.5. The number of allylic oxidation sites excluding steroid dienone is 1. The Morgan fingerprint density at radius 2 is 2.37 bits per heavy atom. The average molecular weight is 259 g/mol. The molecule has 5 atom stereocenters. The fourth-order valence-corrected chi connectivity index (χ4v) is 5.37. The Morgan fingerprint density at radius 1 is 1.63 bits per heavy atom. The molecule has 3 heteroatoms. The monoisotopic (exact) mass is 259 g/mol. The standard InChI is InChI=1S/C16H21NO2/c1-3-4-6-14-7-5-11(2)15(10-17)8-12(14)13(18)9-16(14,15)19/h3,11-12,19H,1,4-9H2,2H3/t11-,12-,14-,15+,16-/m1/s1. The zero-order chi connectivity index (χ0) is 13.9. The number of Topliss-reactive ketones (excluding diaryl/α,β-unsaturated/α-hetero) is 1. The third kappa shape index (κ3) is 1.15. The van der Waals surface area contributed by atoms with Crippen LogP contribution in [0, 0.1) is 34.0 Å². The normalized spacial score (nSPS) is 51.1. The maximum Gasteiger partial charge on any atom is 0.139 e. The summed E-state index contributed by atoms with van der Waals surface area (Å²) >= 11 is 0. The molecule has 3 fully saturated rings. The Balaban J connectivity index is 2.14. The first-order valence-electron chi connectivity index (χ1n) is 7.25. The second-order valence-electron chi connectivity index (χ2n) is 6.77. The molecule has 102 valence electrons. The minimum absolute atomic E-state index is 0.109. The lowest BCUT2D eigenvalue weighted by Gasteiger charge is -2.52. The van der Waals surface area contributed by atoms with E-state index in [0.717, 1.165) is 25.7 Å². The summed E-state index contributed by atoms with van der Waals surface area (Å²) in [5.74, 6) is 0.242. The lowest BCUT2D eigenvalue weighted by Crippen LogP contribution is -2.58. The van der Waals surface area contributed by atoms with Gasteiger partial charge in [0.2, 0.25) is 0 Å². The molecule has 0 aromatic carbocycles. The van der Waals surface area contributed by atoms with Crippen LogP contribution in [0.25, 0.3) is 0 Å². The van der Waals surface area contributed by atoms with E-state index in [4.69, 9.17) is 0 Å². The van der Waals surface area contributed by atoms with Crippen LogP contribution in [0.4, 0.5) is 0 Å². The van der Waals surface area contributed by atoms with Crippen LogP contribution in [-0.4, -0.2) is 16.5 Å². The number of nitriles is 1. The first-order chi connectivity index (χ1) is 8.97. The van der Waals surface area contributed by atoms with Gasteiger partial charge in [-0.15, -0.1) is 6.58 Å². The number of hydrogen-bond donors (Lipinski definition) is 1. The highest BCUT2D eigenvalue weighted by Crippen LogP contribution is 2.75. The fraction of sp³-hybridized carbons (Fsp3) is 0.750. The third-order valence-corrected chi connectivity index (χ3v) is 6.43. The zero-order valence-electron chi connectivity index (χ0n) is 11.5. The molecule has 3 nitrogen and oxygen atoms in total. The summed E-state index contributed by atoms with van der Waals surface area (Å²) in [5, 5.41) is 21.0. The molecule has 0 aromatic rings. The molecule has 0 spiro atoms. The van der Waals surface area contributed by atoms with Crippen LogP contribution in [0.3, 0.4) is 0 Å². The molecule has 0 aromatic heterocycles. The summed E-state index contributed by atoms with van der Waals surface area (Å²) in [6.45, 7) is 5.82. The van der Waals surface area contributed by atoms with Gasteiger partial charge in [0.15, 0.2) is 0 Å². The molecule has 0 unspecified atom stereocenters. The van der Waals surface area contributed by atoms with E-state index in [9.17, 15) is 15.2 Å². The van der Waals surface area contributed by atoms with Gasteiger partial charge in [-0.05, 0) is 38.0 Å². The van der Waals surface area contributed by atoms with E-state index < -0.39 is 11.0 Å². The molecule has 3 aliphatic carbocycles. The van der Waals surface area contributed by atoms with E-state index in [-0.39, 0.29) is 29.5 Å². The van der Waals surface area contributed by atoms with Gasteiger partial charge in [0.25, 0.3) is 0 Å². The van der Waals surface area contributed by atoms with Crippen LogP contribution in [-0.2, 0) is 4.79 Å². The molecule has 3 saturated carbocycles. The van der Waals surface area contributed by atoms with E-state index in [1.54, 1.807) is 0 Å². The lowest BCUT2D eigenvalue weighted by atomic mass is 9.53. The van der Waals surface area contributed by atoms with Gasteiger partial charge in [0.05, 0.1) is 17.1 Å². The molecule has 0 amide bonds. The van der Waals surface area contributed by atoms with Crippen molar-refractivity contribution in [3.05, 3.63) is 12.7 Å². The second-order valence-corrected chi connectivity index (χ2v) is 6.77. The van der Waals surface area contributed by atoms with Crippen LogP contribution in [0.5, 0.6) is 0 Å². The number of rotatable bonds is 3. The molecule has 0 aliphatic heterocycles. The van der Waals surface area contributed by atoms with Crippen LogP contribution in [0.15, 0.2) is 12.7 Å². The van der Waals surface area contributed by atoms with Gasteiger partial charge >= 0.3 is 0 Å². The molecule has 0 heterocycles. The van der Waals surface area contributed by atoms with Crippen LogP contribution in [0.1, 0.15) is 45.4 Å². The lowest BCUT2D eigenvalue weighted by molar-refractivity contribution is -0.156. The molecule has 0 saturated heterocycles. The Morgan fingerprint density at radius 3 is 3.00 bits per heavy atom. The van der Waals surface area contributed by atoms with Crippen molar-refractivity contribution in [3.63, 3.8) is 0 Å². The van der Waals surface area contributed by atoms with Gasteiger partial charge < -0.3 is 5.11 Å². The van der Waals surface area contributed by atoms with Gasteiger partial charge in [-0.2, -0.15) is 5.26 Å². The van der Waals surface area contributed by atoms with Gasteiger partial charge in [0.1, 0.15) is 5.78 Å². The van der Waals surface area contributed by atoms with Crippen molar-refractivity contribution < 1.29 is 9.90 Å². The highest BCUT2D eigenvalue weighted by atomic mass is 16.3. The highest BCUT2D eigenvalue weighted by molar-refractivity contribution is 5.88. The van der Waals surface area contributed by atoms with Crippen molar-refractivity contribution in [1.82, 2.24) is 0 Å². The summed E-state index contributed by atoms with van der Waals surface area (Å²) in [5.41, 5.74) is -2.16. The summed E-state index contributed by atoms with van der Waals surface area (Å²) in [6.07, 6.45) is 6.02. The van der Waals surface area contributed by atoms with E-state index in [2.05, 4.69) is 19.6 Å². The van der Waals surface area contributed by atoms with E-state index >= 15 is 0 Å². The van der Waals surface area contributed by atoms with E-state index in [0.29, 0.717) is 6.42 Å². The molecule has 3 aliphatic rings. The Kier molecular flexibility index (Phi) is 2.51. The third-order valence-electron chi connectivity index (χ3n) is 6.43. The summed E-state index contributed by atoms with van der Waals surface area (Å²) < 4.78 is 0. The Bertz CT molecular complexity index is 493. The predicted molar refractivity (Wildman–Crippen MR) is 71.0 cm³/mol. The van der Waals surface area contributed by atoms with Crippen molar-refractivity contribution >= 4 is 5.78 Å². The van der Waals surface area contributed by atoms with Crippen molar-refractivity contribution in [2.24, 2.45) is 22.7 Å². The van der Waals surface area contributed by atoms with Crippen LogP contribution >= 0.6 is 0 Å². The van der Waals surface area contributed by atoms with Crippen LogP contribution in [0.2, 0.25) is 0 Å². The number of carbonyl (C=O) groups is 1. The van der Waals surface area contributed by atoms with Crippen molar-refractivity contribution in [2.45, 2.75) is 51.0 Å². The number of ketones is 1. The number of carbonyl (C=O) groups excluding carboxylic acids is 1. The van der Waals surface area contributed by atoms with E-state index in [1.165, 1.54) is 0 Å². The molecular weight excluding hydrogens is 238 g/mol. The summed E-state index contributed by atoms with van der Waals surface area (Å²) in [6, 6.07) is 2.42. The predicted octanol–water partition coefficient (Wildman–Crippen LogP) is 2.60. The second kappa shape index (κ2) is 3.70. The maximum absolute atomic E-state index is 12.2. The van der Waals surface area contributed by atoms with Gasteiger partial charge in [0, 0.05) is 17.8 Å². The van der Waals surface area contributed by atoms with Gasteiger partial charge in [-0.25, -0.2) is 0 Å². The first kappa shape index (κ1) is 12.9. The van der Waals surface area contributed by atoms with Crippen molar-refractivity contribution in [1.29, 1.82) is 5.26 Å². The van der Waals surface area contributed by atoms with Crippen LogP contribution < -0.4 is 0 Å². The topological polar surface area (TPSA) is 61.1 Å². The fourth-order valence-electron chi connectivity index (χ4n) is 5.37. The molecule has 4 bridgehead atoms. The first-order valence-corrected chi connectivity index (χ1v) is 7.25. The molecule has 3 rings (SSSR count). The Labute approximate surface area is 114 Å². The van der Waals surface area contributed by atoms with Crippen molar-refractivity contribution in [3.8, 4) is 6.07 Å². The molecular formula is C16H21NO2. The highest BCUT2D eigenvalue weighted by Gasteiger charge is 2.80.